The van der Waals surface area contributed by atoms with Crippen LogP contribution < -0.4 is 10.2 Å². The number of amides is 1. The summed E-state index contributed by atoms with van der Waals surface area (Å²) in [6.07, 6.45) is 3.76. The Hall–Kier alpha value is -3.35. The molecule has 0 saturated carbocycles. The SMILES string of the molecule is O=C(CN1CCN(c2nccn2-c2cccc(Cl)c2)CC1)Nc1cccc2ccccc12. The third-order valence-corrected chi connectivity index (χ3v) is 6.03. The smallest absolute Gasteiger partial charge is 0.238 e. The molecule has 1 amide bonds. The predicted octanol–water partition coefficient (Wildman–Crippen LogP) is 4.44. The Morgan fingerprint density at radius 2 is 1.75 bits per heavy atom. The van der Waals surface area contributed by atoms with Gasteiger partial charge < -0.3 is 10.2 Å². The van der Waals surface area contributed by atoms with Gasteiger partial charge in [-0.05, 0) is 29.7 Å². The summed E-state index contributed by atoms with van der Waals surface area (Å²) in [7, 11) is 0. The van der Waals surface area contributed by atoms with Gasteiger partial charge in [0.1, 0.15) is 0 Å². The van der Waals surface area contributed by atoms with Gasteiger partial charge in [-0.15, -0.1) is 0 Å². The van der Waals surface area contributed by atoms with E-state index in [2.05, 4.69) is 36.8 Å². The number of hydrogen-bond acceptors (Lipinski definition) is 4. The fraction of sp³-hybridized carbons (Fsp3) is 0.200. The first-order valence-corrected chi connectivity index (χ1v) is 11.1. The lowest BCUT2D eigenvalue weighted by molar-refractivity contribution is -0.117. The van der Waals surface area contributed by atoms with Gasteiger partial charge in [0, 0.05) is 60.4 Å². The van der Waals surface area contributed by atoms with E-state index >= 15 is 0 Å². The molecule has 32 heavy (non-hydrogen) atoms. The average Bonchev–Trinajstić information content (AvgIpc) is 3.30. The van der Waals surface area contributed by atoms with Crippen molar-refractivity contribution in [1.29, 1.82) is 0 Å². The molecular weight excluding hydrogens is 422 g/mol. The Morgan fingerprint density at radius 1 is 0.969 bits per heavy atom. The van der Waals surface area contributed by atoms with E-state index in [9.17, 15) is 4.79 Å². The van der Waals surface area contributed by atoms with Gasteiger partial charge >= 0.3 is 0 Å². The molecule has 1 N–H and O–H groups in total. The molecule has 6 nitrogen and oxygen atoms in total. The Bertz CT molecular complexity index is 1240. The third-order valence-electron chi connectivity index (χ3n) is 5.79. The number of nitrogens with one attached hydrogen (secondary N) is 1. The number of carbonyl (C=O) groups is 1. The fourth-order valence-corrected chi connectivity index (χ4v) is 4.37. The van der Waals surface area contributed by atoms with Gasteiger partial charge in [-0.25, -0.2) is 4.98 Å². The highest BCUT2D eigenvalue weighted by Crippen LogP contribution is 2.24. The van der Waals surface area contributed by atoms with Crippen LogP contribution in [0.25, 0.3) is 16.5 Å². The van der Waals surface area contributed by atoms with Crippen LogP contribution in [-0.2, 0) is 4.79 Å². The molecule has 2 heterocycles. The van der Waals surface area contributed by atoms with E-state index in [0.717, 1.165) is 54.3 Å². The van der Waals surface area contributed by atoms with Crippen LogP contribution in [0, 0.1) is 0 Å². The zero-order valence-corrected chi connectivity index (χ0v) is 18.4. The molecule has 7 heteroatoms. The minimum atomic E-state index is 0.00947. The Balaban J connectivity index is 1.21. The number of aromatic nitrogens is 2. The van der Waals surface area contributed by atoms with Crippen molar-refractivity contribution in [2.24, 2.45) is 0 Å². The van der Waals surface area contributed by atoms with Crippen molar-refractivity contribution in [3.05, 3.63) is 84.1 Å². The lowest BCUT2D eigenvalue weighted by Gasteiger charge is -2.35. The second kappa shape index (κ2) is 9.02. The number of benzene rings is 3. The van der Waals surface area contributed by atoms with E-state index in [1.54, 1.807) is 6.20 Å². The predicted molar refractivity (Wildman–Crippen MR) is 130 cm³/mol. The number of anilines is 2. The van der Waals surface area contributed by atoms with Crippen molar-refractivity contribution < 1.29 is 4.79 Å². The molecule has 1 aromatic heterocycles. The highest BCUT2D eigenvalue weighted by atomic mass is 35.5. The lowest BCUT2D eigenvalue weighted by atomic mass is 10.1. The van der Waals surface area contributed by atoms with Crippen molar-refractivity contribution in [3.63, 3.8) is 0 Å². The molecule has 3 aromatic carbocycles. The van der Waals surface area contributed by atoms with Crippen LogP contribution in [0.2, 0.25) is 5.02 Å². The fourth-order valence-electron chi connectivity index (χ4n) is 4.19. The molecule has 0 spiro atoms. The van der Waals surface area contributed by atoms with Crippen LogP contribution in [0.1, 0.15) is 0 Å². The second-order valence-corrected chi connectivity index (χ2v) is 8.35. The van der Waals surface area contributed by atoms with Crippen LogP contribution in [-0.4, -0.2) is 53.1 Å². The largest absolute Gasteiger partial charge is 0.339 e. The molecule has 4 aromatic rings. The van der Waals surface area contributed by atoms with E-state index in [4.69, 9.17) is 11.6 Å². The molecule has 1 fully saturated rings. The minimum absolute atomic E-state index is 0.00947. The molecule has 0 atom stereocenters. The summed E-state index contributed by atoms with van der Waals surface area (Å²) < 4.78 is 2.05. The zero-order chi connectivity index (χ0) is 21.9. The molecule has 0 aliphatic carbocycles. The molecule has 5 rings (SSSR count). The summed E-state index contributed by atoms with van der Waals surface area (Å²) in [5.74, 6) is 0.905. The van der Waals surface area contributed by atoms with Crippen LogP contribution >= 0.6 is 11.6 Å². The number of nitrogens with zero attached hydrogens (tertiary/aromatic N) is 4. The maximum absolute atomic E-state index is 12.7. The van der Waals surface area contributed by atoms with E-state index < -0.39 is 0 Å². The van der Waals surface area contributed by atoms with Crippen molar-refractivity contribution >= 4 is 39.9 Å². The first-order valence-electron chi connectivity index (χ1n) is 10.7. The summed E-state index contributed by atoms with van der Waals surface area (Å²) in [6, 6.07) is 21.8. The Kier molecular flexibility index (Phi) is 5.79. The normalized spacial score (nSPS) is 14.6. The summed E-state index contributed by atoms with van der Waals surface area (Å²) in [5.41, 5.74) is 1.84. The first-order chi connectivity index (χ1) is 15.7. The maximum Gasteiger partial charge on any atom is 0.238 e. The van der Waals surface area contributed by atoms with Crippen molar-refractivity contribution in [1.82, 2.24) is 14.5 Å². The monoisotopic (exact) mass is 445 g/mol. The quantitative estimate of drug-likeness (QED) is 0.493. The molecule has 0 unspecified atom stereocenters. The number of halogens is 1. The molecule has 1 aliphatic heterocycles. The van der Waals surface area contributed by atoms with Crippen molar-refractivity contribution in [3.8, 4) is 5.69 Å². The summed E-state index contributed by atoms with van der Waals surface area (Å²) in [5, 5.41) is 5.96. The zero-order valence-electron chi connectivity index (χ0n) is 17.6. The lowest BCUT2D eigenvalue weighted by Crippen LogP contribution is -2.49. The van der Waals surface area contributed by atoms with Crippen LogP contribution in [0.5, 0.6) is 0 Å². The summed E-state index contributed by atoms with van der Waals surface area (Å²) >= 11 is 6.17. The Morgan fingerprint density at radius 3 is 2.59 bits per heavy atom. The van der Waals surface area contributed by atoms with Crippen LogP contribution in [0.4, 0.5) is 11.6 Å². The third kappa shape index (κ3) is 4.33. The van der Waals surface area contributed by atoms with E-state index in [0.29, 0.717) is 11.6 Å². The molecular formula is C25H24ClN5O. The molecule has 1 aliphatic rings. The number of piperazine rings is 1. The van der Waals surface area contributed by atoms with E-state index in [1.807, 2.05) is 60.8 Å². The van der Waals surface area contributed by atoms with Crippen LogP contribution in [0.3, 0.4) is 0 Å². The summed E-state index contributed by atoms with van der Waals surface area (Å²) in [6.45, 7) is 3.58. The number of hydrogen-bond donors (Lipinski definition) is 1. The minimum Gasteiger partial charge on any atom is -0.339 e. The number of carbonyl (C=O) groups excluding carboxylic acids is 1. The second-order valence-electron chi connectivity index (χ2n) is 7.92. The number of imidazole rings is 1. The van der Waals surface area contributed by atoms with Crippen molar-refractivity contribution in [2.75, 3.05) is 42.9 Å². The van der Waals surface area contributed by atoms with Gasteiger partial charge in [-0.3, -0.25) is 14.3 Å². The topological polar surface area (TPSA) is 53.4 Å². The maximum atomic E-state index is 12.7. The molecule has 1 saturated heterocycles. The standard InChI is InChI=1S/C25H24ClN5O/c26-20-7-4-8-21(17-20)31-12-11-27-25(31)30-15-13-29(14-16-30)18-24(32)28-23-10-3-6-19-5-1-2-9-22(19)23/h1-12,17H,13-16,18H2,(H,28,32). The van der Waals surface area contributed by atoms with Gasteiger partial charge in [-0.1, -0.05) is 54.1 Å². The van der Waals surface area contributed by atoms with Crippen molar-refractivity contribution in [2.45, 2.75) is 0 Å². The first kappa shape index (κ1) is 20.5. The molecule has 162 valence electrons. The highest BCUT2D eigenvalue weighted by Gasteiger charge is 2.22. The van der Waals surface area contributed by atoms with Gasteiger partial charge in [0.05, 0.1) is 6.54 Å². The van der Waals surface area contributed by atoms with Gasteiger partial charge in [0.15, 0.2) is 0 Å². The van der Waals surface area contributed by atoms with E-state index in [-0.39, 0.29) is 5.91 Å². The van der Waals surface area contributed by atoms with Crippen LogP contribution in [0.15, 0.2) is 79.1 Å². The Labute approximate surface area is 192 Å². The molecule has 0 radical (unpaired) electrons. The van der Waals surface area contributed by atoms with Gasteiger partial charge in [-0.2, -0.15) is 0 Å². The highest BCUT2D eigenvalue weighted by molar-refractivity contribution is 6.30. The van der Waals surface area contributed by atoms with Gasteiger partial charge in [0.2, 0.25) is 11.9 Å². The number of fused-ring (bicyclic) bond motifs is 1. The average molecular weight is 446 g/mol. The summed E-state index contributed by atoms with van der Waals surface area (Å²) in [4.78, 5) is 21.7. The molecule has 0 bridgehead atoms. The van der Waals surface area contributed by atoms with E-state index in [1.165, 1.54) is 0 Å². The van der Waals surface area contributed by atoms with Gasteiger partial charge in [0.25, 0.3) is 0 Å². The number of rotatable bonds is 5.